The summed E-state index contributed by atoms with van der Waals surface area (Å²) in [6.07, 6.45) is 0. The molecule has 1 aromatic carbocycles. The van der Waals surface area contributed by atoms with Crippen molar-refractivity contribution in [3.63, 3.8) is 0 Å². The largest absolute Gasteiger partial charge is 0.383 e. The van der Waals surface area contributed by atoms with Crippen LogP contribution in [-0.4, -0.2) is 19.6 Å². The molecular weight excluding hydrogens is 219 g/mol. The molecule has 0 aliphatic carbocycles. The van der Waals surface area contributed by atoms with Gasteiger partial charge in [-0.1, -0.05) is 23.2 Å². The topological polar surface area (TPSA) is 24.1 Å². The quantitative estimate of drug-likeness (QED) is 0.835. The monoisotopic (exact) mass is 230 g/mol. The predicted molar refractivity (Wildman–Crippen MR) is 61.3 cm³/mol. The maximum absolute atomic E-state index is 6.01. The van der Waals surface area contributed by atoms with Crippen molar-refractivity contribution in [1.82, 2.24) is 5.32 Å². The van der Waals surface area contributed by atoms with Crippen LogP contribution < -0.4 is 10.6 Å². The second-order valence-corrected chi connectivity index (χ2v) is 4.37. The van der Waals surface area contributed by atoms with Crippen LogP contribution in [0.25, 0.3) is 0 Å². The zero-order chi connectivity index (χ0) is 9.97. The van der Waals surface area contributed by atoms with E-state index in [0.717, 1.165) is 31.2 Å². The van der Waals surface area contributed by atoms with Gasteiger partial charge < -0.3 is 10.6 Å². The highest BCUT2D eigenvalue weighted by molar-refractivity contribution is 6.36. The minimum absolute atomic E-state index is 0.672. The van der Waals surface area contributed by atoms with E-state index in [2.05, 4.69) is 10.6 Å². The lowest BCUT2D eigenvalue weighted by Gasteiger charge is -2.27. The molecule has 0 spiro atoms. The van der Waals surface area contributed by atoms with Gasteiger partial charge in [0.25, 0.3) is 0 Å². The van der Waals surface area contributed by atoms with Gasteiger partial charge in [-0.3, -0.25) is 0 Å². The minimum Gasteiger partial charge on any atom is -0.383 e. The molecule has 2 rings (SSSR count). The number of benzene rings is 1. The maximum Gasteiger partial charge on any atom is 0.0652 e. The number of nitrogens with one attached hydrogen (secondary N) is 2. The van der Waals surface area contributed by atoms with Gasteiger partial charge in [0.2, 0.25) is 0 Å². The third-order valence-corrected chi connectivity index (χ3v) is 2.93. The molecule has 0 unspecified atom stereocenters. The van der Waals surface area contributed by atoms with Crippen LogP contribution in [-0.2, 0) is 0 Å². The first-order valence-corrected chi connectivity index (χ1v) is 5.41. The summed E-state index contributed by atoms with van der Waals surface area (Å²) in [6, 6.07) is 5.51. The Morgan fingerprint density at radius 1 is 1.36 bits per heavy atom. The van der Waals surface area contributed by atoms with Gasteiger partial charge in [0.1, 0.15) is 0 Å². The van der Waals surface area contributed by atoms with Crippen LogP contribution in [0.2, 0.25) is 10.0 Å². The third-order valence-electron chi connectivity index (χ3n) is 2.38. The van der Waals surface area contributed by atoms with E-state index >= 15 is 0 Å². The van der Waals surface area contributed by atoms with Crippen molar-refractivity contribution in [1.29, 1.82) is 0 Å². The first kappa shape index (κ1) is 10.1. The Bertz CT molecular complexity index is 324. The maximum atomic E-state index is 6.01. The molecule has 0 radical (unpaired) electrons. The van der Waals surface area contributed by atoms with Crippen molar-refractivity contribution < 1.29 is 0 Å². The Labute approximate surface area is 93.6 Å². The summed E-state index contributed by atoms with van der Waals surface area (Å²) < 4.78 is 0. The fourth-order valence-corrected chi connectivity index (χ4v) is 1.86. The zero-order valence-corrected chi connectivity index (χ0v) is 9.20. The summed E-state index contributed by atoms with van der Waals surface area (Å²) in [5.41, 5.74) is 0.961. The lowest BCUT2D eigenvalue weighted by molar-refractivity contribution is 0.365. The molecule has 0 amide bonds. The molecular formula is C10H12Cl2N2. The highest BCUT2D eigenvalue weighted by Gasteiger charge is 2.16. The average molecular weight is 231 g/mol. The van der Waals surface area contributed by atoms with E-state index in [9.17, 15) is 0 Å². The van der Waals surface area contributed by atoms with Crippen LogP contribution in [0.5, 0.6) is 0 Å². The molecule has 1 heterocycles. The molecule has 1 aliphatic heterocycles. The molecule has 2 N–H and O–H groups in total. The Hall–Kier alpha value is -0.440. The average Bonchev–Trinajstić information content (AvgIpc) is 2.05. The SMILES string of the molecule is Clc1ccc(NCC2CNC2)c(Cl)c1. The number of rotatable bonds is 3. The molecule has 14 heavy (non-hydrogen) atoms. The van der Waals surface area contributed by atoms with E-state index < -0.39 is 0 Å². The van der Waals surface area contributed by atoms with E-state index in [1.165, 1.54) is 0 Å². The first-order valence-electron chi connectivity index (χ1n) is 4.65. The van der Waals surface area contributed by atoms with Crippen LogP contribution >= 0.6 is 23.2 Å². The summed E-state index contributed by atoms with van der Waals surface area (Å²) in [7, 11) is 0. The summed E-state index contributed by atoms with van der Waals surface area (Å²) in [6.45, 7) is 3.16. The van der Waals surface area contributed by atoms with Gasteiger partial charge in [-0.15, -0.1) is 0 Å². The summed E-state index contributed by atoms with van der Waals surface area (Å²) in [5.74, 6) is 0.724. The molecule has 1 saturated heterocycles. The van der Waals surface area contributed by atoms with Crippen molar-refractivity contribution in [2.75, 3.05) is 25.0 Å². The Morgan fingerprint density at radius 2 is 2.14 bits per heavy atom. The molecule has 76 valence electrons. The van der Waals surface area contributed by atoms with Crippen LogP contribution in [0, 0.1) is 5.92 Å². The summed E-state index contributed by atoms with van der Waals surface area (Å²) in [5, 5.41) is 7.90. The first-order chi connectivity index (χ1) is 6.75. The molecule has 1 fully saturated rings. The van der Waals surface area contributed by atoms with Gasteiger partial charge in [-0.05, 0) is 18.2 Å². The highest BCUT2D eigenvalue weighted by atomic mass is 35.5. The van der Waals surface area contributed by atoms with Gasteiger partial charge >= 0.3 is 0 Å². The van der Waals surface area contributed by atoms with Crippen LogP contribution in [0.3, 0.4) is 0 Å². The van der Waals surface area contributed by atoms with E-state index in [1.54, 1.807) is 6.07 Å². The van der Waals surface area contributed by atoms with Crippen molar-refractivity contribution in [2.45, 2.75) is 0 Å². The molecule has 4 heteroatoms. The molecule has 1 aliphatic rings. The second-order valence-electron chi connectivity index (χ2n) is 3.53. The Morgan fingerprint density at radius 3 is 2.71 bits per heavy atom. The molecule has 1 aromatic rings. The van der Waals surface area contributed by atoms with Crippen molar-refractivity contribution >= 4 is 28.9 Å². The smallest absolute Gasteiger partial charge is 0.0652 e. The van der Waals surface area contributed by atoms with Crippen molar-refractivity contribution in [3.05, 3.63) is 28.2 Å². The van der Waals surface area contributed by atoms with Gasteiger partial charge in [0.05, 0.1) is 10.7 Å². The predicted octanol–water partition coefficient (Wildman–Crippen LogP) is 2.62. The zero-order valence-electron chi connectivity index (χ0n) is 7.69. The van der Waals surface area contributed by atoms with E-state index in [-0.39, 0.29) is 0 Å². The van der Waals surface area contributed by atoms with Crippen LogP contribution in [0.15, 0.2) is 18.2 Å². The minimum atomic E-state index is 0.672. The second kappa shape index (κ2) is 4.39. The lowest BCUT2D eigenvalue weighted by atomic mass is 10.0. The molecule has 0 atom stereocenters. The number of hydrogen-bond acceptors (Lipinski definition) is 2. The summed E-state index contributed by atoms with van der Waals surface area (Å²) >= 11 is 11.8. The van der Waals surface area contributed by atoms with Gasteiger partial charge in [-0.2, -0.15) is 0 Å². The fourth-order valence-electron chi connectivity index (χ4n) is 1.38. The van der Waals surface area contributed by atoms with Gasteiger partial charge in [-0.25, -0.2) is 0 Å². The third kappa shape index (κ3) is 2.32. The molecule has 0 saturated carbocycles. The molecule has 0 aromatic heterocycles. The lowest BCUT2D eigenvalue weighted by Crippen LogP contribution is -2.45. The van der Waals surface area contributed by atoms with E-state index in [4.69, 9.17) is 23.2 Å². The standard InChI is InChI=1S/C10H12Cl2N2/c11-8-1-2-10(9(12)3-8)14-6-7-4-13-5-7/h1-3,7,13-14H,4-6H2. The number of hydrogen-bond donors (Lipinski definition) is 2. The van der Waals surface area contributed by atoms with Crippen LogP contribution in [0.4, 0.5) is 5.69 Å². The van der Waals surface area contributed by atoms with Crippen LogP contribution in [0.1, 0.15) is 0 Å². The van der Waals surface area contributed by atoms with Gasteiger partial charge in [0, 0.05) is 30.6 Å². The van der Waals surface area contributed by atoms with Crippen molar-refractivity contribution in [2.24, 2.45) is 5.92 Å². The van der Waals surface area contributed by atoms with Crippen molar-refractivity contribution in [3.8, 4) is 0 Å². The highest BCUT2D eigenvalue weighted by Crippen LogP contribution is 2.25. The van der Waals surface area contributed by atoms with Gasteiger partial charge in [0.15, 0.2) is 0 Å². The van der Waals surface area contributed by atoms with E-state index in [1.807, 2.05) is 12.1 Å². The Kier molecular flexibility index (Phi) is 3.16. The fraction of sp³-hybridized carbons (Fsp3) is 0.400. The number of halogens is 2. The normalized spacial score (nSPS) is 16.4. The Balaban J connectivity index is 1.94. The molecule has 2 nitrogen and oxygen atoms in total. The molecule has 0 bridgehead atoms. The van der Waals surface area contributed by atoms with E-state index in [0.29, 0.717) is 10.0 Å². The number of anilines is 1. The summed E-state index contributed by atoms with van der Waals surface area (Å²) in [4.78, 5) is 0.